The van der Waals surface area contributed by atoms with Crippen molar-refractivity contribution in [3.05, 3.63) is 34.9 Å². The molecule has 0 aliphatic carbocycles. The number of nitrogens with zero attached hydrogens (tertiary/aromatic N) is 1. The number of rotatable bonds is 5. The average Bonchev–Trinajstić information content (AvgIpc) is 2.44. The third-order valence-corrected chi connectivity index (χ3v) is 4.24. The van der Waals surface area contributed by atoms with Crippen LogP contribution in [0.15, 0.2) is 24.3 Å². The Kier molecular flexibility index (Phi) is 5.86. The first-order valence-electron chi connectivity index (χ1n) is 7.33. The Morgan fingerprint density at radius 3 is 2.60 bits per heavy atom. The average molecular weight is 295 g/mol. The quantitative estimate of drug-likeness (QED) is 0.906. The minimum atomic E-state index is 0.0975. The first-order valence-corrected chi connectivity index (χ1v) is 7.71. The van der Waals surface area contributed by atoms with E-state index < -0.39 is 0 Å². The molecule has 1 aliphatic rings. The van der Waals surface area contributed by atoms with Gasteiger partial charge >= 0.3 is 0 Å². The van der Waals surface area contributed by atoms with Crippen molar-refractivity contribution in [2.24, 2.45) is 5.92 Å². The fourth-order valence-corrected chi connectivity index (χ4v) is 2.74. The lowest BCUT2D eigenvalue weighted by Crippen LogP contribution is -2.33. The molecule has 2 rings (SSSR count). The maximum Gasteiger partial charge on any atom is 0.224 e. The molecule has 1 aliphatic heterocycles. The van der Waals surface area contributed by atoms with E-state index in [0.717, 1.165) is 24.4 Å². The van der Waals surface area contributed by atoms with Crippen LogP contribution in [0.3, 0.4) is 0 Å². The Morgan fingerprint density at radius 2 is 1.95 bits per heavy atom. The van der Waals surface area contributed by atoms with E-state index in [1.807, 2.05) is 24.3 Å². The van der Waals surface area contributed by atoms with Gasteiger partial charge in [-0.25, -0.2) is 0 Å². The predicted octanol–water partition coefficient (Wildman–Crippen LogP) is 2.73. The second-order valence-corrected chi connectivity index (χ2v) is 6.12. The van der Waals surface area contributed by atoms with Gasteiger partial charge in [0.1, 0.15) is 0 Å². The Morgan fingerprint density at radius 1 is 1.30 bits per heavy atom. The molecule has 1 aromatic rings. The van der Waals surface area contributed by atoms with E-state index in [1.54, 1.807) is 0 Å². The highest BCUT2D eigenvalue weighted by Gasteiger charge is 2.16. The summed E-state index contributed by atoms with van der Waals surface area (Å²) in [6.07, 6.45) is 4.04. The third-order valence-electron chi connectivity index (χ3n) is 3.99. The zero-order chi connectivity index (χ0) is 14.4. The molecule has 0 atom stereocenters. The van der Waals surface area contributed by atoms with Gasteiger partial charge in [-0.2, -0.15) is 0 Å². The first kappa shape index (κ1) is 15.3. The van der Waals surface area contributed by atoms with Gasteiger partial charge in [0.05, 0.1) is 6.42 Å². The Balaban J connectivity index is 1.64. The summed E-state index contributed by atoms with van der Waals surface area (Å²) in [4.78, 5) is 14.2. The van der Waals surface area contributed by atoms with Crippen molar-refractivity contribution in [1.82, 2.24) is 10.2 Å². The van der Waals surface area contributed by atoms with Crippen LogP contribution in [0.25, 0.3) is 0 Å². The lowest BCUT2D eigenvalue weighted by Gasteiger charge is -2.28. The number of benzene rings is 1. The van der Waals surface area contributed by atoms with Gasteiger partial charge in [-0.3, -0.25) is 4.79 Å². The molecule has 1 amide bonds. The van der Waals surface area contributed by atoms with Crippen molar-refractivity contribution in [2.45, 2.75) is 25.7 Å². The lowest BCUT2D eigenvalue weighted by atomic mass is 9.94. The van der Waals surface area contributed by atoms with Gasteiger partial charge < -0.3 is 10.2 Å². The zero-order valence-corrected chi connectivity index (χ0v) is 12.8. The van der Waals surface area contributed by atoms with Crippen molar-refractivity contribution in [2.75, 3.05) is 26.7 Å². The number of carbonyl (C=O) groups excluding carboxylic acids is 1. The summed E-state index contributed by atoms with van der Waals surface area (Å²) in [6, 6.07) is 7.45. The summed E-state index contributed by atoms with van der Waals surface area (Å²) in [5.74, 6) is 0.863. The molecule has 3 nitrogen and oxygen atoms in total. The topological polar surface area (TPSA) is 32.3 Å². The number of nitrogens with one attached hydrogen (secondary N) is 1. The van der Waals surface area contributed by atoms with Crippen LogP contribution >= 0.6 is 11.6 Å². The predicted molar refractivity (Wildman–Crippen MR) is 83.0 cm³/mol. The van der Waals surface area contributed by atoms with Crippen LogP contribution in [0.2, 0.25) is 5.02 Å². The van der Waals surface area contributed by atoms with Gasteiger partial charge in [0.15, 0.2) is 0 Å². The summed E-state index contributed by atoms with van der Waals surface area (Å²) in [5.41, 5.74) is 1.01. The fraction of sp³-hybridized carbons (Fsp3) is 0.562. The van der Waals surface area contributed by atoms with Crippen LogP contribution in [-0.2, 0) is 11.2 Å². The zero-order valence-electron chi connectivity index (χ0n) is 12.1. The van der Waals surface area contributed by atoms with Crippen LogP contribution in [0.1, 0.15) is 24.8 Å². The number of hydrogen-bond donors (Lipinski definition) is 1. The summed E-state index contributed by atoms with van der Waals surface area (Å²) in [5, 5.41) is 3.72. The number of hydrogen-bond acceptors (Lipinski definition) is 2. The highest BCUT2D eigenvalue weighted by atomic mass is 35.5. The number of piperidine rings is 1. The van der Waals surface area contributed by atoms with E-state index in [2.05, 4.69) is 17.3 Å². The minimum absolute atomic E-state index is 0.0975. The molecule has 20 heavy (non-hydrogen) atoms. The molecule has 0 bridgehead atoms. The highest BCUT2D eigenvalue weighted by Crippen LogP contribution is 2.18. The second-order valence-electron chi connectivity index (χ2n) is 5.69. The molecule has 0 aromatic heterocycles. The molecule has 1 saturated heterocycles. The molecule has 1 N–H and O–H groups in total. The smallest absolute Gasteiger partial charge is 0.224 e. The van der Waals surface area contributed by atoms with Crippen LogP contribution in [0, 0.1) is 5.92 Å². The van der Waals surface area contributed by atoms with Crippen molar-refractivity contribution < 1.29 is 4.79 Å². The minimum Gasteiger partial charge on any atom is -0.356 e. The Labute approximate surface area is 126 Å². The molecular weight excluding hydrogens is 272 g/mol. The van der Waals surface area contributed by atoms with E-state index in [9.17, 15) is 4.79 Å². The molecule has 0 unspecified atom stereocenters. The SMILES string of the molecule is CN1CCC(CCNC(=O)Cc2ccc(Cl)cc2)CC1. The van der Waals surface area contributed by atoms with Gasteiger partial charge in [-0.1, -0.05) is 23.7 Å². The largest absolute Gasteiger partial charge is 0.356 e. The van der Waals surface area contributed by atoms with Crippen LogP contribution in [0.4, 0.5) is 0 Å². The van der Waals surface area contributed by atoms with E-state index in [-0.39, 0.29) is 5.91 Å². The number of carbonyl (C=O) groups is 1. The number of amides is 1. The molecule has 1 fully saturated rings. The molecular formula is C16H23ClN2O. The molecule has 0 spiro atoms. The number of likely N-dealkylation sites (tertiary alicyclic amines) is 1. The molecule has 1 aromatic carbocycles. The van der Waals surface area contributed by atoms with Gasteiger partial charge in [0.25, 0.3) is 0 Å². The van der Waals surface area contributed by atoms with E-state index >= 15 is 0 Å². The fourth-order valence-electron chi connectivity index (χ4n) is 2.62. The van der Waals surface area contributed by atoms with Gasteiger partial charge in [-0.05, 0) is 63.0 Å². The molecule has 1 heterocycles. The molecule has 110 valence electrons. The van der Waals surface area contributed by atoms with Crippen molar-refractivity contribution >= 4 is 17.5 Å². The van der Waals surface area contributed by atoms with Crippen molar-refractivity contribution in [3.8, 4) is 0 Å². The maximum atomic E-state index is 11.8. The van der Waals surface area contributed by atoms with Gasteiger partial charge in [-0.15, -0.1) is 0 Å². The van der Waals surface area contributed by atoms with E-state index in [0.29, 0.717) is 11.4 Å². The summed E-state index contributed by atoms with van der Waals surface area (Å²) in [6.45, 7) is 3.16. The lowest BCUT2D eigenvalue weighted by molar-refractivity contribution is -0.120. The third kappa shape index (κ3) is 5.14. The normalized spacial score (nSPS) is 17.1. The molecule has 0 saturated carbocycles. The second kappa shape index (κ2) is 7.65. The molecule has 0 radical (unpaired) electrons. The van der Waals surface area contributed by atoms with Crippen LogP contribution in [-0.4, -0.2) is 37.5 Å². The van der Waals surface area contributed by atoms with Crippen LogP contribution < -0.4 is 5.32 Å². The standard InChI is InChI=1S/C16H23ClN2O/c1-19-10-7-13(8-11-19)6-9-18-16(20)12-14-2-4-15(17)5-3-14/h2-5,13H,6-12H2,1H3,(H,18,20). The monoisotopic (exact) mass is 294 g/mol. The van der Waals surface area contributed by atoms with Crippen molar-refractivity contribution in [1.29, 1.82) is 0 Å². The summed E-state index contributed by atoms with van der Waals surface area (Å²) >= 11 is 5.82. The van der Waals surface area contributed by atoms with Gasteiger partial charge in [0.2, 0.25) is 5.91 Å². The maximum absolute atomic E-state index is 11.8. The first-order chi connectivity index (χ1) is 9.63. The van der Waals surface area contributed by atoms with Crippen molar-refractivity contribution in [3.63, 3.8) is 0 Å². The van der Waals surface area contributed by atoms with Crippen LogP contribution in [0.5, 0.6) is 0 Å². The highest BCUT2D eigenvalue weighted by molar-refractivity contribution is 6.30. The molecule has 4 heteroatoms. The Hall–Kier alpha value is -1.06. The number of halogens is 1. The van der Waals surface area contributed by atoms with Gasteiger partial charge in [0, 0.05) is 11.6 Å². The van der Waals surface area contributed by atoms with E-state index in [4.69, 9.17) is 11.6 Å². The Bertz CT molecular complexity index is 425. The summed E-state index contributed by atoms with van der Waals surface area (Å²) in [7, 11) is 2.17. The van der Waals surface area contributed by atoms with E-state index in [1.165, 1.54) is 25.9 Å². The summed E-state index contributed by atoms with van der Waals surface area (Å²) < 4.78 is 0.